The summed E-state index contributed by atoms with van der Waals surface area (Å²) in [7, 11) is 0. The van der Waals surface area contributed by atoms with Gasteiger partial charge in [-0.15, -0.1) is 11.3 Å². The highest BCUT2D eigenvalue weighted by Crippen LogP contribution is 2.35. The van der Waals surface area contributed by atoms with Gasteiger partial charge in [-0.2, -0.15) is 0 Å². The van der Waals surface area contributed by atoms with Crippen molar-refractivity contribution < 1.29 is 0 Å². The molecule has 3 aromatic rings. The average Bonchev–Trinajstić information content (AvgIpc) is 2.81. The Morgan fingerprint density at radius 3 is 2.26 bits per heavy atom. The summed E-state index contributed by atoms with van der Waals surface area (Å²) in [5.41, 5.74) is 2.92. The Kier molecular flexibility index (Phi) is 2.94. The van der Waals surface area contributed by atoms with Gasteiger partial charge in [0.15, 0.2) is 0 Å². The zero-order valence-corrected chi connectivity index (χ0v) is 12.4. The van der Waals surface area contributed by atoms with E-state index in [1.54, 1.807) is 0 Å². The largest absolute Gasteiger partial charge is 0.135 e. The lowest BCUT2D eigenvalue weighted by Crippen LogP contribution is -2.10. The van der Waals surface area contributed by atoms with Crippen molar-refractivity contribution in [1.29, 1.82) is 0 Å². The first kappa shape index (κ1) is 12.4. The van der Waals surface area contributed by atoms with Gasteiger partial charge in [-0.1, -0.05) is 63.2 Å². The molecule has 19 heavy (non-hydrogen) atoms. The fourth-order valence-corrected chi connectivity index (χ4v) is 3.35. The minimum Gasteiger partial charge on any atom is -0.135 e. The summed E-state index contributed by atoms with van der Waals surface area (Å²) in [6, 6.07) is 19.7. The highest BCUT2D eigenvalue weighted by atomic mass is 32.1. The van der Waals surface area contributed by atoms with Crippen LogP contribution in [0.4, 0.5) is 0 Å². The zero-order valence-electron chi connectivity index (χ0n) is 11.6. The SMILES string of the molecule is CC(C)(C)c1ccc2cc(-c3ccccc3)sc2c1. The van der Waals surface area contributed by atoms with Gasteiger partial charge in [0.25, 0.3) is 0 Å². The van der Waals surface area contributed by atoms with Crippen LogP contribution < -0.4 is 0 Å². The summed E-state index contributed by atoms with van der Waals surface area (Å²) in [6.45, 7) is 6.79. The van der Waals surface area contributed by atoms with E-state index in [4.69, 9.17) is 0 Å². The molecule has 0 aliphatic heterocycles. The third-order valence-corrected chi connectivity index (χ3v) is 4.59. The lowest BCUT2D eigenvalue weighted by Gasteiger charge is -2.18. The first-order valence-corrected chi connectivity index (χ1v) is 7.45. The van der Waals surface area contributed by atoms with Gasteiger partial charge in [0.05, 0.1) is 0 Å². The maximum Gasteiger partial charge on any atom is 0.0355 e. The molecule has 3 rings (SSSR count). The van der Waals surface area contributed by atoms with E-state index in [-0.39, 0.29) is 5.41 Å². The minimum absolute atomic E-state index is 0.213. The molecule has 0 amide bonds. The normalized spacial score (nSPS) is 11.9. The van der Waals surface area contributed by atoms with Crippen molar-refractivity contribution in [2.45, 2.75) is 26.2 Å². The molecule has 0 saturated carbocycles. The highest BCUT2D eigenvalue weighted by molar-refractivity contribution is 7.22. The third-order valence-electron chi connectivity index (χ3n) is 3.44. The van der Waals surface area contributed by atoms with Crippen LogP contribution in [0.15, 0.2) is 54.6 Å². The molecule has 0 saturated heterocycles. The van der Waals surface area contributed by atoms with Crippen LogP contribution in [0.5, 0.6) is 0 Å². The lowest BCUT2D eigenvalue weighted by atomic mass is 9.87. The molecule has 0 N–H and O–H groups in total. The first-order valence-electron chi connectivity index (χ1n) is 6.63. The molecule has 0 radical (unpaired) electrons. The van der Waals surface area contributed by atoms with Crippen molar-refractivity contribution >= 4 is 21.4 Å². The Bertz CT molecular complexity index is 699. The van der Waals surface area contributed by atoms with Crippen molar-refractivity contribution in [3.05, 3.63) is 60.2 Å². The Morgan fingerprint density at radius 1 is 0.842 bits per heavy atom. The van der Waals surface area contributed by atoms with Crippen LogP contribution in [-0.4, -0.2) is 0 Å². The van der Waals surface area contributed by atoms with E-state index in [2.05, 4.69) is 75.4 Å². The Labute approximate surface area is 118 Å². The number of fused-ring (bicyclic) bond motifs is 1. The molecule has 0 unspecified atom stereocenters. The van der Waals surface area contributed by atoms with E-state index in [1.165, 1.54) is 26.1 Å². The van der Waals surface area contributed by atoms with Gasteiger partial charge >= 0.3 is 0 Å². The van der Waals surface area contributed by atoms with E-state index in [0.717, 1.165) is 0 Å². The Hall–Kier alpha value is -1.60. The molecule has 0 atom stereocenters. The van der Waals surface area contributed by atoms with Crippen LogP contribution >= 0.6 is 11.3 Å². The van der Waals surface area contributed by atoms with Crippen LogP contribution in [0.3, 0.4) is 0 Å². The summed E-state index contributed by atoms with van der Waals surface area (Å²) in [5.74, 6) is 0. The van der Waals surface area contributed by atoms with Crippen molar-refractivity contribution in [2.75, 3.05) is 0 Å². The molecule has 0 spiro atoms. The zero-order chi connectivity index (χ0) is 13.5. The summed E-state index contributed by atoms with van der Waals surface area (Å²) in [6.07, 6.45) is 0. The van der Waals surface area contributed by atoms with E-state index in [1.807, 2.05) is 11.3 Å². The molecule has 0 nitrogen and oxygen atoms in total. The fraction of sp³-hybridized carbons (Fsp3) is 0.222. The average molecular weight is 266 g/mol. The summed E-state index contributed by atoms with van der Waals surface area (Å²) in [5, 5.41) is 1.34. The smallest absolute Gasteiger partial charge is 0.0355 e. The second-order valence-electron chi connectivity index (χ2n) is 5.98. The molecule has 0 bridgehead atoms. The van der Waals surface area contributed by atoms with Gasteiger partial charge in [-0.3, -0.25) is 0 Å². The molecule has 1 heteroatoms. The van der Waals surface area contributed by atoms with Crippen LogP contribution in [-0.2, 0) is 5.41 Å². The molecule has 2 aromatic carbocycles. The maximum absolute atomic E-state index is 2.34. The molecule has 0 aliphatic carbocycles. The summed E-state index contributed by atoms with van der Waals surface area (Å²) in [4.78, 5) is 1.35. The van der Waals surface area contributed by atoms with Crippen molar-refractivity contribution in [3.8, 4) is 10.4 Å². The molecule has 1 heterocycles. The quantitative estimate of drug-likeness (QED) is 0.517. The second-order valence-corrected chi connectivity index (χ2v) is 7.06. The highest BCUT2D eigenvalue weighted by Gasteiger charge is 2.14. The predicted octanol–water partition coefficient (Wildman–Crippen LogP) is 5.87. The summed E-state index contributed by atoms with van der Waals surface area (Å²) < 4.78 is 1.38. The standard InChI is InChI=1S/C18H18S/c1-18(2,3)15-10-9-14-11-16(19-17(14)12-15)13-7-5-4-6-8-13/h4-12H,1-3H3. The van der Waals surface area contributed by atoms with E-state index < -0.39 is 0 Å². The Balaban J connectivity index is 2.12. The number of thiophene rings is 1. The van der Waals surface area contributed by atoms with Crippen LogP contribution in [0.2, 0.25) is 0 Å². The fourth-order valence-electron chi connectivity index (χ4n) is 2.24. The molecule has 1 aromatic heterocycles. The second kappa shape index (κ2) is 4.50. The predicted molar refractivity (Wildman–Crippen MR) is 86.0 cm³/mol. The van der Waals surface area contributed by atoms with Gasteiger partial charge in [0, 0.05) is 9.58 Å². The van der Waals surface area contributed by atoms with Gasteiger partial charge in [-0.05, 0) is 34.1 Å². The van der Waals surface area contributed by atoms with Gasteiger partial charge in [0.2, 0.25) is 0 Å². The topological polar surface area (TPSA) is 0 Å². The van der Waals surface area contributed by atoms with Crippen molar-refractivity contribution in [3.63, 3.8) is 0 Å². The first-order chi connectivity index (χ1) is 9.04. The van der Waals surface area contributed by atoms with E-state index in [9.17, 15) is 0 Å². The van der Waals surface area contributed by atoms with Crippen LogP contribution in [0.25, 0.3) is 20.5 Å². The summed E-state index contributed by atoms with van der Waals surface area (Å²) >= 11 is 1.88. The van der Waals surface area contributed by atoms with Crippen molar-refractivity contribution in [1.82, 2.24) is 0 Å². The molecule has 0 fully saturated rings. The van der Waals surface area contributed by atoms with E-state index >= 15 is 0 Å². The molecular formula is C18H18S. The van der Waals surface area contributed by atoms with Gasteiger partial charge in [-0.25, -0.2) is 0 Å². The van der Waals surface area contributed by atoms with E-state index in [0.29, 0.717) is 0 Å². The molecule has 96 valence electrons. The number of hydrogen-bond donors (Lipinski definition) is 0. The van der Waals surface area contributed by atoms with Crippen molar-refractivity contribution in [2.24, 2.45) is 0 Å². The van der Waals surface area contributed by atoms with Crippen LogP contribution in [0, 0.1) is 0 Å². The number of hydrogen-bond acceptors (Lipinski definition) is 1. The minimum atomic E-state index is 0.213. The molecular weight excluding hydrogens is 248 g/mol. The Morgan fingerprint density at radius 2 is 1.58 bits per heavy atom. The molecule has 0 aliphatic rings. The van der Waals surface area contributed by atoms with Gasteiger partial charge < -0.3 is 0 Å². The van der Waals surface area contributed by atoms with Gasteiger partial charge in [0.1, 0.15) is 0 Å². The van der Waals surface area contributed by atoms with Crippen LogP contribution in [0.1, 0.15) is 26.3 Å². The lowest BCUT2D eigenvalue weighted by molar-refractivity contribution is 0.591. The maximum atomic E-state index is 2.34. The monoisotopic (exact) mass is 266 g/mol. The number of benzene rings is 2. The number of rotatable bonds is 1. The third kappa shape index (κ3) is 2.43.